The van der Waals surface area contributed by atoms with E-state index >= 15 is 0 Å². The van der Waals surface area contributed by atoms with Gasteiger partial charge in [-0.15, -0.1) is 0 Å². The molecule has 0 amide bonds. The van der Waals surface area contributed by atoms with Gasteiger partial charge < -0.3 is 15.3 Å². The first kappa shape index (κ1) is 27.4. The largest absolute Gasteiger partial charge is 0.509 e. The SMILES string of the molecule is [B]c1cc(C(C)(C)c2cc(C(C)(C)c3ccc(O)cc3)cc(C(C)(C)c3ccc(O)c(C)c3)c2)ccc1O. The van der Waals surface area contributed by atoms with E-state index in [1.807, 2.05) is 37.3 Å². The number of aromatic hydroxyl groups is 3. The Morgan fingerprint density at radius 3 is 1.32 bits per heavy atom. The average Bonchev–Trinajstić information content (AvgIpc) is 2.87. The molecular weight excluding hydrogens is 467 g/mol. The Hall–Kier alpha value is -3.66. The predicted molar refractivity (Wildman–Crippen MR) is 157 cm³/mol. The molecule has 3 nitrogen and oxygen atoms in total. The van der Waals surface area contributed by atoms with E-state index in [0.717, 1.165) is 38.9 Å². The van der Waals surface area contributed by atoms with Gasteiger partial charge in [0.1, 0.15) is 25.1 Å². The Kier molecular flexibility index (Phi) is 6.90. The quantitative estimate of drug-likeness (QED) is 0.251. The molecule has 0 atom stereocenters. The highest BCUT2D eigenvalue weighted by Crippen LogP contribution is 2.42. The normalized spacial score (nSPS) is 12.5. The summed E-state index contributed by atoms with van der Waals surface area (Å²) in [4.78, 5) is 0. The van der Waals surface area contributed by atoms with Crippen LogP contribution in [0.25, 0.3) is 0 Å². The van der Waals surface area contributed by atoms with Crippen LogP contribution in [0.1, 0.15) is 80.5 Å². The maximum absolute atomic E-state index is 10.1. The zero-order valence-electron chi connectivity index (χ0n) is 23.4. The highest BCUT2D eigenvalue weighted by molar-refractivity contribution is 6.34. The van der Waals surface area contributed by atoms with E-state index in [1.165, 1.54) is 0 Å². The fourth-order valence-corrected chi connectivity index (χ4v) is 5.08. The highest BCUT2D eigenvalue weighted by Gasteiger charge is 2.32. The molecule has 0 saturated carbocycles. The van der Waals surface area contributed by atoms with E-state index in [0.29, 0.717) is 11.2 Å². The van der Waals surface area contributed by atoms with Crippen LogP contribution in [0.5, 0.6) is 17.2 Å². The summed E-state index contributed by atoms with van der Waals surface area (Å²) < 4.78 is 0. The number of hydrogen-bond donors (Lipinski definition) is 3. The zero-order valence-corrected chi connectivity index (χ0v) is 23.4. The minimum Gasteiger partial charge on any atom is -0.509 e. The van der Waals surface area contributed by atoms with Crippen LogP contribution in [-0.2, 0) is 16.2 Å². The standard InChI is InChI=1S/C34H37BO3/c1-21-16-23(10-14-30(21)37)33(4,5)26-17-25(32(2,3)22-8-12-28(36)13-9-22)18-27(19-26)34(6,7)24-11-15-31(38)29(35)20-24/h8-20,36-38H,1-7H3. The molecule has 0 aromatic heterocycles. The molecule has 194 valence electrons. The van der Waals surface area contributed by atoms with Crippen molar-refractivity contribution in [3.63, 3.8) is 0 Å². The maximum Gasteiger partial charge on any atom is 0.119 e. The van der Waals surface area contributed by atoms with E-state index in [-0.39, 0.29) is 22.3 Å². The van der Waals surface area contributed by atoms with Crippen LogP contribution in [0.3, 0.4) is 0 Å². The molecule has 2 radical (unpaired) electrons. The molecule has 4 heteroatoms. The van der Waals surface area contributed by atoms with E-state index in [9.17, 15) is 15.3 Å². The minimum atomic E-state index is -0.404. The van der Waals surface area contributed by atoms with Gasteiger partial charge in [-0.25, -0.2) is 0 Å². The van der Waals surface area contributed by atoms with Crippen molar-refractivity contribution in [2.75, 3.05) is 0 Å². The van der Waals surface area contributed by atoms with Crippen molar-refractivity contribution in [1.82, 2.24) is 0 Å². The topological polar surface area (TPSA) is 60.7 Å². The second-order valence-electron chi connectivity index (χ2n) is 12.0. The van der Waals surface area contributed by atoms with Crippen LogP contribution in [0.2, 0.25) is 0 Å². The number of phenols is 3. The molecule has 4 aromatic carbocycles. The van der Waals surface area contributed by atoms with Crippen molar-refractivity contribution in [3.05, 3.63) is 118 Å². The molecule has 0 aliphatic carbocycles. The van der Waals surface area contributed by atoms with E-state index in [2.05, 4.69) is 65.8 Å². The van der Waals surface area contributed by atoms with Crippen molar-refractivity contribution in [1.29, 1.82) is 0 Å². The summed E-state index contributed by atoms with van der Waals surface area (Å²) in [6.45, 7) is 15.1. The summed E-state index contributed by atoms with van der Waals surface area (Å²) in [6.07, 6.45) is 0. The van der Waals surface area contributed by atoms with Gasteiger partial charge in [0.2, 0.25) is 0 Å². The van der Waals surface area contributed by atoms with Crippen LogP contribution < -0.4 is 5.46 Å². The first-order chi connectivity index (χ1) is 17.6. The Morgan fingerprint density at radius 1 is 0.474 bits per heavy atom. The summed E-state index contributed by atoms with van der Waals surface area (Å²) >= 11 is 0. The molecule has 0 aliphatic rings. The van der Waals surface area contributed by atoms with Gasteiger partial charge in [0.15, 0.2) is 0 Å². The zero-order chi connectivity index (χ0) is 28.0. The molecule has 0 saturated heterocycles. The molecule has 0 fully saturated rings. The van der Waals surface area contributed by atoms with Gasteiger partial charge in [-0.3, -0.25) is 0 Å². The fraction of sp³-hybridized carbons (Fsp3) is 0.294. The molecule has 3 N–H and O–H groups in total. The lowest BCUT2D eigenvalue weighted by Gasteiger charge is -2.35. The van der Waals surface area contributed by atoms with Crippen LogP contribution in [-0.4, -0.2) is 23.2 Å². The van der Waals surface area contributed by atoms with Crippen molar-refractivity contribution in [2.24, 2.45) is 0 Å². The Balaban J connectivity index is 1.96. The number of benzene rings is 4. The third kappa shape index (κ3) is 4.92. The van der Waals surface area contributed by atoms with Gasteiger partial charge in [0.05, 0.1) is 0 Å². The number of phenolic OH excluding ortho intramolecular Hbond substituents is 3. The van der Waals surface area contributed by atoms with Crippen molar-refractivity contribution in [2.45, 2.75) is 64.7 Å². The number of rotatable bonds is 6. The number of hydrogen-bond acceptors (Lipinski definition) is 3. The van der Waals surface area contributed by atoms with Gasteiger partial charge in [-0.05, 0) is 70.1 Å². The smallest absolute Gasteiger partial charge is 0.119 e. The lowest BCUT2D eigenvalue weighted by Crippen LogP contribution is -2.27. The lowest BCUT2D eigenvalue weighted by molar-refractivity contribution is 0.470. The van der Waals surface area contributed by atoms with Gasteiger partial charge >= 0.3 is 0 Å². The summed E-state index contributed by atoms with van der Waals surface area (Å²) in [5.41, 5.74) is 6.77. The van der Waals surface area contributed by atoms with Crippen LogP contribution in [0.4, 0.5) is 0 Å². The Labute approximate surface area is 228 Å². The second kappa shape index (κ2) is 9.58. The number of aryl methyl sites for hydroxylation is 1. The Morgan fingerprint density at radius 2 is 0.868 bits per heavy atom. The minimum absolute atomic E-state index is 0.0799. The Bertz CT molecular complexity index is 1400. The van der Waals surface area contributed by atoms with Crippen molar-refractivity contribution < 1.29 is 15.3 Å². The summed E-state index contributed by atoms with van der Waals surface area (Å²) in [5, 5.41) is 30.1. The molecule has 0 heterocycles. The highest BCUT2D eigenvalue weighted by atomic mass is 16.3. The second-order valence-corrected chi connectivity index (χ2v) is 12.0. The summed E-state index contributed by atoms with van der Waals surface area (Å²) in [7, 11) is 6.09. The molecule has 0 aliphatic heterocycles. The van der Waals surface area contributed by atoms with Crippen LogP contribution in [0, 0.1) is 6.92 Å². The first-order valence-corrected chi connectivity index (χ1v) is 13.0. The maximum atomic E-state index is 10.1. The van der Waals surface area contributed by atoms with Gasteiger partial charge in [-0.2, -0.15) is 0 Å². The third-order valence-corrected chi connectivity index (χ3v) is 8.35. The molecule has 4 aromatic rings. The van der Waals surface area contributed by atoms with E-state index < -0.39 is 5.41 Å². The van der Waals surface area contributed by atoms with Crippen LogP contribution in [0.15, 0.2) is 78.9 Å². The van der Waals surface area contributed by atoms with E-state index in [4.69, 9.17) is 7.85 Å². The molecular formula is C34H37BO3. The van der Waals surface area contributed by atoms with Crippen LogP contribution >= 0.6 is 0 Å². The third-order valence-electron chi connectivity index (χ3n) is 8.35. The van der Waals surface area contributed by atoms with Crippen molar-refractivity contribution >= 4 is 13.3 Å². The van der Waals surface area contributed by atoms with Gasteiger partial charge in [-0.1, -0.05) is 102 Å². The molecule has 0 spiro atoms. The van der Waals surface area contributed by atoms with E-state index in [1.54, 1.807) is 24.3 Å². The van der Waals surface area contributed by atoms with Gasteiger partial charge in [0, 0.05) is 16.2 Å². The monoisotopic (exact) mass is 504 g/mol. The fourth-order valence-electron chi connectivity index (χ4n) is 5.08. The molecule has 4 rings (SSSR count). The van der Waals surface area contributed by atoms with Crippen molar-refractivity contribution in [3.8, 4) is 17.2 Å². The average molecular weight is 504 g/mol. The molecule has 0 bridgehead atoms. The summed E-state index contributed by atoms with van der Waals surface area (Å²) in [6, 6.07) is 25.5. The first-order valence-electron chi connectivity index (χ1n) is 13.0. The molecule has 38 heavy (non-hydrogen) atoms. The molecule has 0 unspecified atom stereocenters. The lowest BCUT2D eigenvalue weighted by atomic mass is 9.68. The van der Waals surface area contributed by atoms with Gasteiger partial charge in [0.25, 0.3) is 0 Å². The summed E-state index contributed by atoms with van der Waals surface area (Å²) in [5.74, 6) is 0.615. The predicted octanol–water partition coefficient (Wildman–Crippen LogP) is 6.88.